The summed E-state index contributed by atoms with van der Waals surface area (Å²) in [5.74, 6) is -1.55. The minimum Gasteiger partial charge on any atom is -0.497 e. The molecule has 2 rings (SSSR count). The molecule has 1 amide bonds. The van der Waals surface area contributed by atoms with Gasteiger partial charge in [0.25, 0.3) is 0 Å². The van der Waals surface area contributed by atoms with Crippen LogP contribution in [0.3, 0.4) is 0 Å². The van der Waals surface area contributed by atoms with Gasteiger partial charge in [-0.1, -0.05) is 13.8 Å². The van der Waals surface area contributed by atoms with Crippen molar-refractivity contribution in [3.05, 3.63) is 24.3 Å². The molecule has 0 aromatic heterocycles. The van der Waals surface area contributed by atoms with E-state index in [2.05, 4.69) is 5.32 Å². The third-order valence-corrected chi connectivity index (χ3v) is 3.73. The van der Waals surface area contributed by atoms with E-state index < -0.39 is 23.2 Å². The second kappa shape index (κ2) is 4.57. The Balaban J connectivity index is 2.04. The molecule has 19 heavy (non-hydrogen) atoms. The van der Waals surface area contributed by atoms with Crippen LogP contribution < -0.4 is 10.1 Å². The van der Waals surface area contributed by atoms with Crippen LogP contribution in [-0.4, -0.2) is 24.1 Å². The van der Waals surface area contributed by atoms with Crippen LogP contribution in [0, 0.1) is 17.3 Å². The number of carbonyl (C=O) groups excluding carboxylic acids is 1. The van der Waals surface area contributed by atoms with Gasteiger partial charge in [0.1, 0.15) is 5.75 Å². The van der Waals surface area contributed by atoms with Crippen molar-refractivity contribution in [2.75, 3.05) is 12.4 Å². The first kappa shape index (κ1) is 13.4. The van der Waals surface area contributed by atoms with Crippen LogP contribution in [0.4, 0.5) is 5.69 Å². The molecule has 0 unspecified atom stereocenters. The van der Waals surface area contributed by atoms with E-state index in [1.165, 1.54) is 0 Å². The number of amides is 1. The Hall–Kier alpha value is -2.04. The molecule has 0 spiro atoms. The van der Waals surface area contributed by atoms with Gasteiger partial charge in [0.15, 0.2) is 0 Å². The standard InChI is InChI=1S/C14H17NO4/c1-14(2)10(11(14)13(17)18)12(16)15-8-4-6-9(19-3)7-5-8/h4-7,10-11H,1-3H3,(H,15,16)(H,17,18)/t10-,11+/m0/s1. The largest absolute Gasteiger partial charge is 0.497 e. The highest BCUT2D eigenvalue weighted by atomic mass is 16.5. The first-order valence-corrected chi connectivity index (χ1v) is 6.05. The molecule has 102 valence electrons. The molecule has 0 bridgehead atoms. The van der Waals surface area contributed by atoms with Gasteiger partial charge in [-0.05, 0) is 29.7 Å². The lowest BCUT2D eigenvalue weighted by molar-refractivity contribution is -0.140. The molecular weight excluding hydrogens is 246 g/mol. The number of aliphatic carboxylic acids is 1. The van der Waals surface area contributed by atoms with Crippen LogP contribution in [0.2, 0.25) is 0 Å². The topological polar surface area (TPSA) is 75.6 Å². The number of benzene rings is 1. The zero-order chi connectivity index (χ0) is 14.2. The summed E-state index contributed by atoms with van der Waals surface area (Å²) in [6, 6.07) is 6.93. The average Bonchev–Trinajstić information content (AvgIpc) is 2.93. The number of carboxylic acid groups (broad SMARTS) is 1. The Morgan fingerprint density at radius 2 is 1.79 bits per heavy atom. The summed E-state index contributed by atoms with van der Waals surface area (Å²) in [6.45, 7) is 3.59. The van der Waals surface area contributed by atoms with Gasteiger partial charge in [-0.15, -0.1) is 0 Å². The van der Waals surface area contributed by atoms with Crippen LogP contribution in [0.5, 0.6) is 5.75 Å². The minimum absolute atomic E-state index is 0.248. The van der Waals surface area contributed by atoms with Crippen LogP contribution in [0.1, 0.15) is 13.8 Å². The van der Waals surface area contributed by atoms with Gasteiger partial charge in [0, 0.05) is 5.69 Å². The molecule has 5 heteroatoms. The molecule has 2 N–H and O–H groups in total. The van der Waals surface area contributed by atoms with Crippen molar-refractivity contribution in [3.8, 4) is 5.75 Å². The van der Waals surface area contributed by atoms with E-state index in [9.17, 15) is 9.59 Å². The first-order chi connectivity index (χ1) is 8.87. The molecule has 0 saturated heterocycles. The summed E-state index contributed by atoms with van der Waals surface area (Å²) in [6.07, 6.45) is 0. The maximum absolute atomic E-state index is 12.1. The molecule has 5 nitrogen and oxygen atoms in total. The van der Waals surface area contributed by atoms with Crippen molar-refractivity contribution in [1.29, 1.82) is 0 Å². The van der Waals surface area contributed by atoms with Gasteiger partial charge in [0.05, 0.1) is 18.9 Å². The minimum atomic E-state index is -0.917. The lowest BCUT2D eigenvalue weighted by Gasteiger charge is -2.07. The maximum Gasteiger partial charge on any atom is 0.307 e. The Morgan fingerprint density at radius 3 is 2.21 bits per heavy atom. The number of methoxy groups -OCH3 is 1. The number of carboxylic acids is 1. The second-order valence-electron chi connectivity index (χ2n) is 5.33. The molecule has 1 aliphatic rings. The third-order valence-electron chi connectivity index (χ3n) is 3.73. The van der Waals surface area contributed by atoms with Crippen molar-refractivity contribution < 1.29 is 19.4 Å². The highest BCUT2D eigenvalue weighted by molar-refractivity contribution is 5.99. The number of ether oxygens (including phenoxy) is 1. The maximum atomic E-state index is 12.1. The Bertz CT molecular complexity index is 507. The van der Waals surface area contributed by atoms with E-state index in [1.807, 2.05) is 0 Å². The number of hydrogen-bond acceptors (Lipinski definition) is 3. The fourth-order valence-corrected chi connectivity index (χ4v) is 2.48. The first-order valence-electron chi connectivity index (χ1n) is 6.05. The number of rotatable bonds is 4. The zero-order valence-corrected chi connectivity index (χ0v) is 11.1. The lowest BCUT2D eigenvalue weighted by atomic mass is 10.1. The number of carbonyl (C=O) groups is 2. The van der Waals surface area contributed by atoms with Crippen molar-refractivity contribution in [2.24, 2.45) is 17.3 Å². The molecule has 1 aromatic carbocycles. The second-order valence-corrected chi connectivity index (χ2v) is 5.33. The summed E-state index contributed by atoms with van der Waals surface area (Å²) in [4.78, 5) is 23.1. The molecule has 2 atom stereocenters. The van der Waals surface area contributed by atoms with E-state index in [0.717, 1.165) is 0 Å². The summed E-state index contributed by atoms with van der Waals surface area (Å²) >= 11 is 0. The third kappa shape index (κ3) is 2.41. The summed E-state index contributed by atoms with van der Waals surface area (Å²) in [7, 11) is 1.57. The number of hydrogen-bond donors (Lipinski definition) is 2. The molecule has 0 radical (unpaired) electrons. The van der Waals surface area contributed by atoms with E-state index >= 15 is 0 Å². The molecule has 0 aliphatic heterocycles. The van der Waals surface area contributed by atoms with Crippen LogP contribution in [0.15, 0.2) is 24.3 Å². The lowest BCUT2D eigenvalue weighted by Crippen LogP contribution is -2.17. The fraction of sp³-hybridized carbons (Fsp3) is 0.429. The van der Waals surface area contributed by atoms with Gasteiger partial charge in [-0.25, -0.2) is 0 Å². The van der Waals surface area contributed by atoms with Crippen molar-refractivity contribution in [2.45, 2.75) is 13.8 Å². The van der Waals surface area contributed by atoms with Crippen LogP contribution in [0.25, 0.3) is 0 Å². The smallest absolute Gasteiger partial charge is 0.307 e. The fourth-order valence-electron chi connectivity index (χ4n) is 2.48. The predicted molar refractivity (Wildman–Crippen MR) is 70.0 cm³/mol. The zero-order valence-electron chi connectivity index (χ0n) is 11.1. The quantitative estimate of drug-likeness (QED) is 0.871. The van der Waals surface area contributed by atoms with Crippen LogP contribution >= 0.6 is 0 Å². The summed E-state index contributed by atoms with van der Waals surface area (Å²) in [5, 5.41) is 11.8. The summed E-state index contributed by atoms with van der Waals surface area (Å²) < 4.78 is 5.03. The van der Waals surface area contributed by atoms with Gasteiger partial charge in [0.2, 0.25) is 5.91 Å². The van der Waals surface area contributed by atoms with Crippen molar-refractivity contribution >= 4 is 17.6 Å². The number of nitrogens with one attached hydrogen (secondary N) is 1. The number of anilines is 1. The Kier molecular flexibility index (Phi) is 3.22. The highest BCUT2D eigenvalue weighted by Gasteiger charge is 2.65. The SMILES string of the molecule is COc1ccc(NC(=O)[C@@H]2[C@H](C(=O)O)C2(C)C)cc1. The molecule has 1 fully saturated rings. The van der Waals surface area contributed by atoms with Crippen molar-refractivity contribution in [3.63, 3.8) is 0 Å². The predicted octanol–water partition coefficient (Wildman–Crippen LogP) is 1.99. The molecular formula is C14H17NO4. The molecule has 1 aliphatic carbocycles. The van der Waals surface area contributed by atoms with Crippen molar-refractivity contribution in [1.82, 2.24) is 0 Å². The Morgan fingerprint density at radius 1 is 1.21 bits per heavy atom. The Labute approximate surface area is 111 Å². The van der Waals surface area contributed by atoms with E-state index in [0.29, 0.717) is 11.4 Å². The van der Waals surface area contributed by atoms with Gasteiger partial charge in [-0.3, -0.25) is 9.59 Å². The highest BCUT2D eigenvalue weighted by Crippen LogP contribution is 2.58. The molecule has 1 aromatic rings. The van der Waals surface area contributed by atoms with E-state index in [1.54, 1.807) is 45.2 Å². The molecule has 0 heterocycles. The van der Waals surface area contributed by atoms with Gasteiger partial charge >= 0.3 is 5.97 Å². The van der Waals surface area contributed by atoms with Gasteiger partial charge in [-0.2, -0.15) is 0 Å². The van der Waals surface area contributed by atoms with Gasteiger partial charge < -0.3 is 15.2 Å². The monoisotopic (exact) mass is 263 g/mol. The van der Waals surface area contributed by atoms with Crippen LogP contribution in [-0.2, 0) is 9.59 Å². The van der Waals surface area contributed by atoms with E-state index in [-0.39, 0.29) is 5.91 Å². The van der Waals surface area contributed by atoms with E-state index in [4.69, 9.17) is 9.84 Å². The average molecular weight is 263 g/mol. The molecule has 1 saturated carbocycles. The summed E-state index contributed by atoms with van der Waals surface area (Å²) in [5.41, 5.74) is 0.153. The normalized spacial score (nSPS) is 23.5.